The predicted molar refractivity (Wildman–Crippen MR) is 104 cm³/mol. The lowest BCUT2D eigenvalue weighted by Crippen LogP contribution is -2.25. The summed E-state index contributed by atoms with van der Waals surface area (Å²) >= 11 is 5.28. The summed E-state index contributed by atoms with van der Waals surface area (Å²) in [4.78, 5) is 0. The van der Waals surface area contributed by atoms with Crippen LogP contribution in [0.4, 0.5) is 5.69 Å². The van der Waals surface area contributed by atoms with E-state index >= 15 is 0 Å². The Bertz CT molecular complexity index is 778. The maximum absolute atomic E-state index is 5.39. The van der Waals surface area contributed by atoms with Crippen LogP contribution in [-0.2, 0) is 0 Å². The Morgan fingerprint density at radius 3 is 2.36 bits per heavy atom. The molecule has 0 heterocycles. The zero-order valence-electron chi connectivity index (χ0n) is 14.6. The first-order valence-corrected chi connectivity index (χ1v) is 7.96. The van der Waals surface area contributed by atoms with Crippen molar-refractivity contribution in [2.24, 2.45) is 5.10 Å². The highest BCUT2D eigenvalue weighted by Gasteiger charge is 2.09. The van der Waals surface area contributed by atoms with Crippen molar-refractivity contribution in [1.29, 1.82) is 0 Å². The third-order valence-electron chi connectivity index (χ3n) is 3.48. The number of anilines is 1. The molecular weight excluding hydrogens is 338 g/mol. The van der Waals surface area contributed by atoms with Gasteiger partial charge in [0.05, 0.1) is 32.7 Å². The van der Waals surface area contributed by atoms with Gasteiger partial charge in [0.1, 0.15) is 17.2 Å². The van der Waals surface area contributed by atoms with E-state index in [2.05, 4.69) is 15.8 Å². The van der Waals surface area contributed by atoms with E-state index in [9.17, 15) is 0 Å². The van der Waals surface area contributed by atoms with E-state index in [0.717, 1.165) is 22.7 Å². The van der Waals surface area contributed by atoms with Gasteiger partial charge in [-0.1, -0.05) is 12.1 Å². The summed E-state index contributed by atoms with van der Waals surface area (Å²) in [6, 6.07) is 13.0. The summed E-state index contributed by atoms with van der Waals surface area (Å²) in [6.45, 7) is 1.86. The predicted octanol–water partition coefficient (Wildman–Crippen LogP) is 3.42. The minimum absolute atomic E-state index is 0.358. The summed E-state index contributed by atoms with van der Waals surface area (Å²) in [7, 11) is 4.82. The molecule has 0 bridgehead atoms. The van der Waals surface area contributed by atoms with Gasteiger partial charge in [0, 0.05) is 11.6 Å². The molecule has 0 aromatic heterocycles. The molecular formula is C18H21N3O3S. The van der Waals surface area contributed by atoms with Crippen LogP contribution in [0.3, 0.4) is 0 Å². The normalized spacial score (nSPS) is 10.8. The summed E-state index contributed by atoms with van der Waals surface area (Å²) < 4.78 is 15.9. The number of para-hydroxylation sites is 2. The molecule has 0 spiro atoms. The third-order valence-corrected chi connectivity index (χ3v) is 3.67. The quantitative estimate of drug-likeness (QED) is 0.468. The zero-order chi connectivity index (χ0) is 18.2. The molecule has 0 aliphatic carbocycles. The van der Waals surface area contributed by atoms with Gasteiger partial charge in [0.2, 0.25) is 0 Å². The van der Waals surface area contributed by atoms with E-state index < -0.39 is 0 Å². The molecule has 0 unspecified atom stereocenters. The molecule has 0 atom stereocenters. The second-order valence-corrected chi connectivity index (χ2v) is 5.44. The van der Waals surface area contributed by atoms with Crippen molar-refractivity contribution in [1.82, 2.24) is 5.43 Å². The van der Waals surface area contributed by atoms with Gasteiger partial charge in [-0.05, 0) is 43.4 Å². The maximum Gasteiger partial charge on any atom is 0.191 e. The maximum atomic E-state index is 5.39. The standard InChI is InChI=1S/C18H21N3O3S/c1-12(14-10-9-13(22-2)11-17(14)24-4)20-21-18(25)19-15-7-5-6-8-16(15)23-3/h5-11H,1-4H3,(H2,19,21,25)/b20-12+. The summed E-state index contributed by atoms with van der Waals surface area (Å²) in [5.74, 6) is 2.09. The van der Waals surface area contributed by atoms with Gasteiger partial charge in [0.15, 0.2) is 5.11 Å². The molecule has 0 radical (unpaired) electrons. The minimum Gasteiger partial charge on any atom is -0.497 e. The van der Waals surface area contributed by atoms with E-state index in [0.29, 0.717) is 16.6 Å². The lowest BCUT2D eigenvalue weighted by atomic mass is 10.1. The van der Waals surface area contributed by atoms with Crippen LogP contribution >= 0.6 is 12.2 Å². The molecule has 132 valence electrons. The van der Waals surface area contributed by atoms with Gasteiger partial charge in [0.25, 0.3) is 0 Å². The Hall–Kier alpha value is -2.80. The smallest absolute Gasteiger partial charge is 0.191 e. The molecule has 25 heavy (non-hydrogen) atoms. The van der Waals surface area contributed by atoms with Crippen LogP contribution < -0.4 is 25.0 Å². The van der Waals surface area contributed by atoms with Crippen molar-refractivity contribution >= 4 is 28.7 Å². The lowest BCUT2D eigenvalue weighted by Gasteiger charge is -2.12. The van der Waals surface area contributed by atoms with Crippen LogP contribution in [0.2, 0.25) is 0 Å². The monoisotopic (exact) mass is 359 g/mol. The van der Waals surface area contributed by atoms with Gasteiger partial charge in [-0.25, -0.2) is 0 Å². The SMILES string of the molecule is COc1ccc(/C(C)=N/NC(=S)Nc2ccccc2OC)c(OC)c1. The molecule has 0 aliphatic rings. The molecule has 2 aromatic rings. The lowest BCUT2D eigenvalue weighted by molar-refractivity contribution is 0.394. The summed E-state index contributed by atoms with van der Waals surface area (Å²) in [5, 5.41) is 7.72. The first-order chi connectivity index (χ1) is 12.1. The van der Waals surface area contributed by atoms with E-state index in [1.165, 1.54) is 0 Å². The average Bonchev–Trinajstić information content (AvgIpc) is 2.65. The topological polar surface area (TPSA) is 64.1 Å². The molecule has 0 amide bonds. The fourth-order valence-electron chi connectivity index (χ4n) is 2.19. The zero-order valence-corrected chi connectivity index (χ0v) is 15.4. The van der Waals surface area contributed by atoms with Gasteiger partial charge >= 0.3 is 0 Å². The van der Waals surface area contributed by atoms with E-state index in [4.69, 9.17) is 26.4 Å². The Kier molecular flexibility index (Phi) is 6.59. The number of nitrogens with zero attached hydrogens (tertiary/aromatic N) is 1. The second-order valence-electron chi connectivity index (χ2n) is 5.03. The van der Waals surface area contributed by atoms with Gasteiger partial charge in [-0.2, -0.15) is 5.10 Å². The number of ether oxygens (including phenoxy) is 3. The molecule has 0 aliphatic heterocycles. The van der Waals surface area contributed by atoms with Crippen molar-refractivity contribution in [3.8, 4) is 17.2 Å². The molecule has 0 saturated carbocycles. The van der Waals surface area contributed by atoms with Crippen LogP contribution in [0.5, 0.6) is 17.2 Å². The largest absolute Gasteiger partial charge is 0.497 e. The Balaban J connectivity index is 2.09. The molecule has 0 fully saturated rings. The minimum atomic E-state index is 0.358. The number of methoxy groups -OCH3 is 3. The number of hydrogen-bond donors (Lipinski definition) is 2. The van der Waals surface area contributed by atoms with Crippen LogP contribution in [0.1, 0.15) is 12.5 Å². The number of hydrazone groups is 1. The average molecular weight is 359 g/mol. The van der Waals surface area contributed by atoms with Crippen LogP contribution in [-0.4, -0.2) is 32.2 Å². The fourth-order valence-corrected chi connectivity index (χ4v) is 2.35. The van der Waals surface area contributed by atoms with Crippen LogP contribution in [0.25, 0.3) is 0 Å². The van der Waals surface area contributed by atoms with E-state index in [1.807, 2.05) is 43.3 Å². The number of hydrogen-bond acceptors (Lipinski definition) is 5. The Morgan fingerprint density at radius 2 is 1.68 bits per heavy atom. The number of rotatable bonds is 6. The number of thiocarbonyl (C=S) groups is 1. The third kappa shape index (κ3) is 4.84. The summed E-state index contributed by atoms with van der Waals surface area (Å²) in [5.41, 5.74) is 5.16. The number of nitrogens with one attached hydrogen (secondary N) is 2. The molecule has 2 aromatic carbocycles. The van der Waals surface area contributed by atoms with E-state index in [1.54, 1.807) is 27.4 Å². The molecule has 0 saturated heterocycles. The number of benzene rings is 2. The molecule has 2 rings (SSSR count). The first-order valence-electron chi connectivity index (χ1n) is 7.55. The van der Waals surface area contributed by atoms with Crippen molar-refractivity contribution in [2.45, 2.75) is 6.92 Å². The van der Waals surface area contributed by atoms with Crippen LogP contribution in [0, 0.1) is 0 Å². The fraction of sp³-hybridized carbons (Fsp3) is 0.222. The van der Waals surface area contributed by atoms with Crippen LogP contribution in [0.15, 0.2) is 47.6 Å². The highest BCUT2D eigenvalue weighted by Crippen LogP contribution is 2.25. The molecule has 7 heteroatoms. The summed E-state index contributed by atoms with van der Waals surface area (Å²) in [6.07, 6.45) is 0. The first kappa shape index (κ1) is 18.5. The van der Waals surface area contributed by atoms with Gasteiger partial charge in [-0.3, -0.25) is 5.43 Å². The molecule has 6 nitrogen and oxygen atoms in total. The highest BCUT2D eigenvalue weighted by molar-refractivity contribution is 7.80. The Morgan fingerprint density at radius 1 is 0.960 bits per heavy atom. The Labute approximate surface area is 152 Å². The van der Waals surface area contributed by atoms with Crippen molar-refractivity contribution < 1.29 is 14.2 Å². The van der Waals surface area contributed by atoms with Crippen molar-refractivity contribution in [2.75, 3.05) is 26.6 Å². The van der Waals surface area contributed by atoms with Gasteiger partial charge in [-0.15, -0.1) is 0 Å². The van der Waals surface area contributed by atoms with E-state index in [-0.39, 0.29) is 0 Å². The second kappa shape index (κ2) is 8.89. The van der Waals surface area contributed by atoms with Gasteiger partial charge < -0.3 is 19.5 Å². The highest BCUT2D eigenvalue weighted by atomic mass is 32.1. The van der Waals surface area contributed by atoms with Crippen molar-refractivity contribution in [3.05, 3.63) is 48.0 Å². The molecule has 2 N–H and O–H groups in total. The van der Waals surface area contributed by atoms with Crippen molar-refractivity contribution in [3.63, 3.8) is 0 Å².